The maximum Gasteiger partial charge on any atom is 0.325 e. The van der Waals surface area contributed by atoms with Crippen LogP contribution in [0.4, 0.5) is 0 Å². The molecule has 10 heteroatoms. The molecule has 0 aliphatic carbocycles. The van der Waals surface area contributed by atoms with Crippen LogP contribution in [0, 0.1) is 0 Å². The Bertz CT molecular complexity index is 710. The Morgan fingerprint density at radius 1 is 1.35 bits per heavy atom. The molecule has 26 heavy (non-hydrogen) atoms. The van der Waals surface area contributed by atoms with Crippen LogP contribution in [-0.2, 0) is 19.6 Å². The Hall–Kier alpha value is -1.33. The Balaban J connectivity index is 3.02. The van der Waals surface area contributed by atoms with Crippen molar-refractivity contribution in [3.05, 3.63) is 24.3 Å². The van der Waals surface area contributed by atoms with E-state index in [2.05, 4.69) is 9.83 Å². The quantitative estimate of drug-likeness (QED) is 0.449. The first-order chi connectivity index (χ1) is 12.6. The molecular formula is C16H25NO7S2. The lowest BCUT2D eigenvalue weighted by molar-refractivity contribution is -0.143. The highest BCUT2D eigenvalue weighted by atomic mass is 32.2. The van der Waals surface area contributed by atoms with E-state index in [0.29, 0.717) is 5.75 Å². The predicted molar refractivity (Wildman–Crippen MR) is 98.7 cm³/mol. The first-order valence-electron chi connectivity index (χ1n) is 8.12. The minimum Gasteiger partial charge on any atom is -0.497 e. The standard InChI is InChI=1S/C16H25NO7S2/c1-16(2,25-10-11(19)9-18)14(15(20)24-4)17-26(21,22)13-7-5-12(23-3)6-8-13/h5-8,11,14,17-19H,9-10H2,1-4H3/t11-,14+/m1/s1/i18T. The number of hydrogen-bond acceptors (Lipinski definition) is 8. The minimum atomic E-state index is -4.01. The van der Waals surface area contributed by atoms with Crippen molar-refractivity contribution >= 4 is 27.8 Å². The van der Waals surface area contributed by atoms with Crippen molar-refractivity contribution in [2.24, 2.45) is 0 Å². The molecule has 0 aliphatic heterocycles. The number of sulfonamides is 1. The number of rotatable bonds is 11. The van der Waals surface area contributed by atoms with Gasteiger partial charge in [-0.05, 0) is 38.1 Å². The third kappa shape index (κ3) is 6.13. The fraction of sp³-hybridized carbons (Fsp3) is 0.562. The lowest BCUT2D eigenvalue weighted by Gasteiger charge is -2.32. The van der Waals surface area contributed by atoms with Crippen molar-refractivity contribution in [1.29, 1.82) is 1.43 Å². The summed E-state index contributed by atoms with van der Waals surface area (Å²) >= 11 is 1.16. The second kappa shape index (κ2) is 9.56. The van der Waals surface area contributed by atoms with E-state index in [0.717, 1.165) is 11.8 Å². The van der Waals surface area contributed by atoms with Gasteiger partial charge < -0.3 is 19.7 Å². The molecule has 1 aromatic carbocycles. The van der Waals surface area contributed by atoms with Gasteiger partial charge in [-0.2, -0.15) is 16.5 Å². The summed E-state index contributed by atoms with van der Waals surface area (Å²) in [5, 5.41) is 13.8. The predicted octanol–water partition coefficient (Wildman–Crippen LogP) is 0.380. The van der Waals surface area contributed by atoms with Crippen LogP contribution < -0.4 is 9.46 Å². The molecule has 0 heterocycles. The number of thioether (sulfide) groups is 1. The molecule has 0 aromatic heterocycles. The van der Waals surface area contributed by atoms with E-state index in [-0.39, 0.29) is 17.3 Å². The Morgan fingerprint density at radius 3 is 2.46 bits per heavy atom. The smallest absolute Gasteiger partial charge is 0.325 e. The molecule has 3 N–H and O–H groups in total. The molecule has 0 spiro atoms. The second-order valence-corrected chi connectivity index (χ2v) is 9.38. The number of aliphatic hydroxyl groups excluding tert-OH is 2. The third-order valence-corrected chi connectivity index (χ3v) is 6.58. The number of ether oxygens (including phenoxy) is 2. The van der Waals surface area contributed by atoms with Gasteiger partial charge in [0.15, 0.2) is 0 Å². The summed E-state index contributed by atoms with van der Waals surface area (Å²) in [6.07, 6.45) is -0.928. The largest absolute Gasteiger partial charge is 0.497 e. The molecule has 0 amide bonds. The molecule has 0 saturated carbocycles. The SMILES string of the molecule is [3H]OC[C@@H](O)CSC(C)(C)[C@@H](NS(=O)(=O)c1ccc(OC)cc1)C(=O)OC. The molecule has 0 radical (unpaired) electrons. The summed E-state index contributed by atoms with van der Waals surface area (Å²) in [6.45, 7) is 3.12. The van der Waals surface area contributed by atoms with Crippen molar-refractivity contribution < 1.29 is 32.9 Å². The van der Waals surface area contributed by atoms with Gasteiger partial charge in [-0.15, -0.1) is 0 Å². The number of aliphatic hydroxyl groups is 2. The zero-order valence-electron chi connectivity index (χ0n) is 16.1. The summed E-state index contributed by atoms with van der Waals surface area (Å²) in [6, 6.07) is 4.52. The normalized spacial score (nSPS) is 15.0. The molecule has 0 bridgehead atoms. The van der Waals surface area contributed by atoms with Gasteiger partial charge in [0.1, 0.15) is 11.8 Å². The van der Waals surface area contributed by atoms with Crippen LogP contribution in [0.2, 0.25) is 0 Å². The highest BCUT2D eigenvalue weighted by molar-refractivity contribution is 8.00. The molecule has 2 atom stereocenters. The monoisotopic (exact) mass is 409 g/mol. The summed E-state index contributed by atoms with van der Waals surface area (Å²) in [5.74, 6) is -0.111. The summed E-state index contributed by atoms with van der Waals surface area (Å²) < 4.78 is 43.2. The Labute approximate surface area is 159 Å². The average molecular weight is 410 g/mol. The number of benzene rings is 1. The number of nitrogens with one attached hydrogen (secondary N) is 1. The Morgan fingerprint density at radius 2 is 1.96 bits per heavy atom. The van der Waals surface area contributed by atoms with Crippen molar-refractivity contribution in [2.75, 3.05) is 26.6 Å². The van der Waals surface area contributed by atoms with Crippen LogP contribution in [0.3, 0.4) is 0 Å². The molecular weight excluding hydrogens is 382 g/mol. The summed E-state index contributed by atoms with van der Waals surface area (Å²) in [5.41, 5.74) is 0. The molecule has 1 aromatic rings. The van der Waals surface area contributed by atoms with Crippen LogP contribution in [0.15, 0.2) is 29.2 Å². The number of carbonyl (C=O) groups excluding carboxylic acids is 1. The molecule has 1 rings (SSSR count). The number of hydrogen-bond donors (Lipinski definition) is 3. The van der Waals surface area contributed by atoms with Gasteiger partial charge in [-0.25, -0.2) is 8.42 Å². The molecule has 0 fully saturated rings. The molecule has 8 nitrogen and oxygen atoms in total. The van der Waals surface area contributed by atoms with E-state index in [1.54, 1.807) is 13.8 Å². The topological polar surface area (TPSA) is 122 Å². The van der Waals surface area contributed by atoms with Crippen LogP contribution in [0.1, 0.15) is 13.8 Å². The fourth-order valence-corrected chi connectivity index (χ4v) is 4.46. The molecule has 0 unspecified atom stereocenters. The zero-order chi connectivity index (χ0) is 20.7. The van der Waals surface area contributed by atoms with Crippen molar-refractivity contribution in [3.8, 4) is 5.75 Å². The highest BCUT2D eigenvalue weighted by Gasteiger charge is 2.40. The van der Waals surface area contributed by atoms with Crippen molar-refractivity contribution in [2.45, 2.75) is 35.6 Å². The van der Waals surface area contributed by atoms with Crippen molar-refractivity contribution in [3.63, 3.8) is 0 Å². The minimum absolute atomic E-state index is 0.0272. The fourth-order valence-electron chi connectivity index (χ4n) is 2.01. The van der Waals surface area contributed by atoms with Gasteiger partial charge in [-0.3, -0.25) is 4.79 Å². The lowest BCUT2D eigenvalue weighted by Crippen LogP contribution is -2.53. The third-order valence-electron chi connectivity index (χ3n) is 3.61. The lowest BCUT2D eigenvalue weighted by atomic mass is 10.0. The summed E-state index contributed by atoms with van der Waals surface area (Å²) in [4.78, 5) is 12.2. The van der Waals surface area contributed by atoms with Gasteiger partial charge in [0.25, 0.3) is 0 Å². The molecule has 148 valence electrons. The van der Waals surface area contributed by atoms with E-state index in [9.17, 15) is 18.3 Å². The zero-order valence-corrected chi connectivity index (χ0v) is 16.7. The number of esters is 1. The van der Waals surface area contributed by atoms with Gasteiger partial charge in [0, 0.05) is 10.5 Å². The first kappa shape index (κ1) is 21.0. The molecule has 0 saturated heterocycles. The highest BCUT2D eigenvalue weighted by Crippen LogP contribution is 2.30. The number of carbonyl (C=O) groups is 1. The summed E-state index contributed by atoms with van der Waals surface area (Å²) in [7, 11) is -1.37. The van der Waals surface area contributed by atoms with Gasteiger partial charge in [-0.1, -0.05) is 0 Å². The maximum atomic E-state index is 12.7. The Kier molecular flexibility index (Phi) is 7.71. The second-order valence-electron chi connectivity index (χ2n) is 5.99. The van der Waals surface area contributed by atoms with Crippen LogP contribution in [-0.4, -0.2) is 69.5 Å². The van der Waals surface area contributed by atoms with Crippen molar-refractivity contribution in [1.82, 2.24) is 4.72 Å². The first-order valence-corrected chi connectivity index (χ1v) is 10.2. The van der Waals surface area contributed by atoms with E-state index >= 15 is 0 Å². The van der Waals surface area contributed by atoms with E-state index < -0.39 is 32.9 Å². The van der Waals surface area contributed by atoms with E-state index in [4.69, 9.17) is 10.9 Å². The van der Waals surface area contributed by atoms with Gasteiger partial charge in [0.05, 0.1) is 31.8 Å². The van der Waals surface area contributed by atoms with Crippen LogP contribution >= 0.6 is 11.8 Å². The molecule has 0 aliphatic rings. The van der Waals surface area contributed by atoms with E-state index in [1.807, 2.05) is 0 Å². The average Bonchev–Trinajstić information content (AvgIpc) is 2.64. The van der Waals surface area contributed by atoms with Gasteiger partial charge in [0.2, 0.25) is 11.5 Å². The maximum absolute atomic E-state index is 12.7. The van der Waals surface area contributed by atoms with E-state index in [1.165, 1.54) is 38.5 Å². The van der Waals surface area contributed by atoms with Gasteiger partial charge >= 0.3 is 5.97 Å². The van der Waals surface area contributed by atoms with Crippen LogP contribution in [0.25, 0.3) is 0 Å². The number of methoxy groups -OCH3 is 2. The van der Waals surface area contributed by atoms with Crippen LogP contribution in [0.5, 0.6) is 5.75 Å².